The molecule has 0 saturated carbocycles. The highest BCUT2D eigenvalue weighted by molar-refractivity contribution is 5.87. The average molecular weight is 300 g/mol. The summed E-state index contributed by atoms with van der Waals surface area (Å²) in [5.74, 6) is 0.0466. The predicted octanol–water partition coefficient (Wildman–Crippen LogP) is 3.98. The molecule has 0 radical (unpaired) electrons. The molecule has 0 aromatic heterocycles. The Morgan fingerprint density at radius 2 is 2.18 bits per heavy atom. The summed E-state index contributed by atoms with van der Waals surface area (Å²) >= 11 is 0. The van der Waals surface area contributed by atoms with Gasteiger partial charge in [-0.3, -0.25) is 0 Å². The Morgan fingerprint density at radius 3 is 2.86 bits per heavy atom. The van der Waals surface area contributed by atoms with Gasteiger partial charge in [-0.25, -0.2) is 4.79 Å². The number of carbonyl (C=O) groups is 1. The molecule has 1 heterocycles. The Morgan fingerprint density at radius 1 is 1.41 bits per heavy atom. The second kappa shape index (κ2) is 5.88. The SMILES string of the molecule is C=C(C)C(=O)OC1c2ccccc2CCCC12OCCC2C. The van der Waals surface area contributed by atoms with Crippen molar-refractivity contribution in [1.29, 1.82) is 0 Å². The molecule has 0 bridgehead atoms. The normalized spacial score (nSPS) is 30.6. The van der Waals surface area contributed by atoms with Crippen molar-refractivity contribution in [3.8, 4) is 0 Å². The molecule has 1 aromatic carbocycles. The van der Waals surface area contributed by atoms with Crippen LogP contribution in [0.3, 0.4) is 0 Å². The smallest absolute Gasteiger partial charge is 0.333 e. The van der Waals surface area contributed by atoms with E-state index in [-0.39, 0.29) is 12.1 Å². The highest BCUT2D eigenvalue weighted by atomic mass is 16.6. The minimum absolute atomic E-state index is 0.330. The van der Waals surface area contributed by atoms with E-state index in [4.69, 9.17) is 9.47 Å². The Labute approximate surface area is 132 Å². The first-order chi connectivity index (χ1) is 10.5. The summed E-state index contributed by atoms with van der Waals surface area (Å²) in [7, 11) is 0. The zero-order chi connectivity index (χ0) is 15.7. The quantitative estimate of drug-likeness (QED) is 0.612. The molecule has 2 aliphatic rings. The topological polar surface area (TPSA) is 35.5 Å². The second-order valence-electron chi connectivity index (χ2n) is 6.61. The maximum absolute atomic E-state index is 12.2. The van der Waals surface area contributed by atoms with Crippen LogP contribution in [0.25, 0.3) is 0 Å². The van der Waals surface area contributed by atoms with Gasteiger partial charge >= 0.3 is 5.97 Å². The number of aryl methyl sites for hydroxylation is 1. The Bertz CT molecular complexity index is 592. The molecule has 3 unspecified atom stereocenters. The van der Waals surface area contributed by atoms with E-state index in [1.54, 1.807) is 6.92 Å². The summed E-state index contributed by atoms with van der Waals surface area (Å²) in [4.78, 5) is 12.2. The Kier molecular flexibility index (Phi) is 4.09. The van der Waals surface area contributed by atoms with Gasteiger partial charge in [0.2, 0.25) is 0 Å². The van der Waals surface area contributed by atoms with E-state index < -0.39 is 5.60 Å². The molecule has 22 heavy (non-hydrogen) atoms. The number of fused-ring (bicyclic) bond motifs is 1. The molecule has 0 amide bonds. The van der Waals surface area contributed by atoms with Crippen LogP contribution < -0.4 is 0 Å². The molecule has 3 rings (SSSR count). The lowest BCUT2D eigenvalue weighted by Gasteiger charge is -2.39. The predicted molar refractivity (Wildman–Crippen MR) is 85.5 cm³/mol. The number of hydrogen-bond donors (Lipinski definition) is 0. The maximum atomic E-state index is 12.2. The summed E-state index contributed by atoms with van der Waals surface area (Å²) in [5.41, 5.74) is 2.41. The van der Waals surface area contributed by atoms with Gasteiger partial charge in [0.1, 0.15) is 5.60 Å². The van der Waals surface area contributed by atoms with Crippen LogP contribution in [0.5, 0.6) is 0 Å². The molecule has 3 heteroatoms. The van der Waals surface area contributed by atoms with Crippen molar-refractivity contribution >= 4 is 5.97 Å². The lowest BCUT2D eigenvalue weighted by Crippen LogP contribution is -2.42. The lowest BCUT2D eigenvalue weighted by atomic mass is 9.79. The van der Waals surface area contributed by atoms with Gasteiger partial charge in [-0.1, -0.05) is 37.8 Å². The number of esters is 1. The molecule has 1 spiro atoms. The van der Waals surface area contributed by atoms with Gasteiger partial charge in [-0.2, -0.15) is 0 Å². The first kappa shape index (κ1) is 15.3. The molecule has 0 N–H and O–H groups in total. The fraction of sp³-hybridized carbons (Fsp3) is 0.526. The zero-order valence-electron chi connectivity index (χ0n) is 13.4. The standard InChI is InChI=1S/C19H24O3/c1-13(2)18(20)22-17-16-9-5-4-7-15(16)8-6-11-19(17)14(3)10-12-21-19/h4-5,7,9,14,17H,1,6,8,10-12H2,2-3H3. The molecule has 118 valence electrons. The van der Waals surface area contributed by atoms with Crippen LogP contribution in [0.4, 0.5) is 0 Å². The van der Waals surface area contributed by atoms with Gasteiger partial charge in [0.15, 0.2) is 6.10 Å². The first-order valence-electron chi connectivity index (χ1n) is 8.13. The first-order valence-corrected chi connectivity index (χ1v) is 8.13. The largest absolute Gasteiger partial charge is 0.451 e. The Hall–Kier alpha value is -1.61. The molecule has 3 atom stereocenters. The van der Waals surface area contributed by atoms with E-state index in [1.807, 2.05) is 12.1 Å². The molecular formula is C19H24O3. The second-order valence-corrected chi connectivity index (χ2v) is 6.61. The molecule has 1 aliphatic carbocycles. The number of hydrogen-bond acceptors (Lipinski definition) is 3. The lowest BCUT2D eigenvalue weighted by molar-refractivity contribution is -0.170. The monoisotopic (exact) mass is 300 g/mol. The highest BCUT2D eigenvalue weighted by Gasteiger charge is 2.51. The van der Waals surface area contributed by atoms with Gasteiger partial charge < -0.3 is 9.47 Å². The van der Waals surface area contributed by atoms with Crippen molar-refractivity contribution in [2.24, 2.45) is 5.92 Å². The van der Waals surface area contributed by atoms with Gasteiger partial charge in [0.05, 0.1) is 0 Å². The average Bonchev–Trinajstić information content (AvgIpc) is 2.78. The Balaban J connectivity index is 2.06. The molecule has 1 aromatic rings. The third kappa shape index (κ3) is 2.48. The van der Waals surface area contributed by atoms with Crippen molar-refractivity contribution in [2.75, 3.05) is 6.61 Å². The van der Waals surface area contributed by atoms with Crippen LogP contribution in [-0.4, -0.2) is 18.2 Å². The summed E-state index contributed by atoms with van der Waals surface area (Å²) in [5, 5.41) is 0. The third-order valence-electron chi connectivity index (χ3n) is 5.12. The van der Waals surface area contributed by atoms with Crippen molar-refractivity contribution in [3.05, 3.63) is 47.5 Å². The van der Waals surface area contributed by atoms with Crippen LogP contribution in [0.1, 0.15) is 50.3 Å². The minimum atomic E-state index is -0.391. The van der Waals surface area contributed by atoms with Gasteiger partial charge in [0, 0.05) is 12.2 Å². The summed E-state index contributed by atoms with van der Waals surface area (Å²) in [6, 6.07) is 8.27. The van der Waals surface area contributed by atoms with Gasteiger partial charge in [0.25, 0.3) is 0 Å². The van der Waals surface area contributed by atoms with Gasteiger partial charge in [-0.05, 0) is 49.7 Å². The fourth-order valence-corrected chi connectivity index (χ4v) is 3.80. The molecule has 1 saturated heterocycles. The van der Waals surface area contributed by atoms with Crippen molar-refractivity contribution in [2.45, 2.75) is 51.2 Å². The van der Waals surface area contributed by atoms with Crippen LogP contribution >= 0.6 is 0 Å². The fourth-order valence-electron chi connectivity index (χ4n) is 3.80. The van der Waals surface area contributed by atoms with E-state index in [9.17, 15) is 4.79 Å². The number of rotatable bonds is 2. The number of carbonyl (C=O) groups excluding carboxylic acids is 1. The van der Waals surface area contributed by atoms with Gasteiger partial charge in [-0.15, -0.1) is 0 Å². The van der Waals surface area contributed by atoms with E-state index >= 15 is 0 Å². The number of benzene rings is 1. The van der Waals surface area contributed by atoms with Crippen LogP contribution in [0.15, 0.2) is 36.4 Å². The zero-order valence-corrected chi connectivity index (χ0v) is 13.4. The number of ether oxygens (including phenoxy) is 2. The highest BCUT2D eigenvalue weighted by Crippen LogP contribution is 2.49. The van der Waals surface area contributed by atoms with E-state index in [0.29, 0.717) is 11.5 Å². The summed E-state index contributed by atoms with van der Waals surface area (Å²) < 4.78 is 12.1. The third-order valence-corrected chi connectivity index (χ3v) is 5.12. The van der Waals surface area contributed by atoms with E-state index in [0.717, 1.165) is 37.9 Å². The molecule has 1 aliphatic heterocycles. The molecule has 1 fully saturated rings. The maximum Gasteiger partial charge on any atom is 0.333 e. The minimum Gasteiger partial charge on any atom is -0.451 e. The molecule has 3 nitrogen and oxygen atoms in total. The van der Waals surface area contributed by atoms with Crippen molar-refractivity contribution < 1.29 is 14.3 Å². The van der Waals surface area contributed by atoms with E-state index in [2.05, 4.69) is 25.6 Å². The summed E-state index contributed by atoms with van der Waals surface area (Å²) in [6.07, 6.45) is 3.67. The molecular weight excluding hydrogens is 276 g/mol. The van der Waals surface area contributed by atoms with Crippen LogP contribution in [0.2, 0.25) is 0 Å². The van der Waals surface area contributed by atoms with Crippen molar-refractivity contribution in [3.63, 3.8) is 0 Å². The van der Waals surface area contributed by atoms with Crippen LogP contribution in [-0.2, 0) is 20.7 Å². The van der Waals surface area contributed by atoms with Crippen molar-refractivity contribution in [1.82, 2.24) is 0 Å². The summed E-state index contributed by atoms with van der Waals surface area (Å²) in [6.45, 7) is 8.36. The van der Waals surface area contributed by atoms with Crippen LogP contribution in [0, 0.1) is 5.92 Å². The van der Waals surface area contributed by atoms with E-state index in [1.165, 1.54) is 5.56 Å².